The van der Waals surface area contributed by atoms with Gasteiger partial charge < -0.3 is 15.1 Å². The van der Waals surface area contributed by atoms with Crippen molar-refractivity contribution in [3.8, 4) is 0 Å². The standard InChI is InChI=1S/C22H25N3O2S/c1-16-5-4-6-17(13-16)15-24-9-11-25(12-10-24)21(26)14-20-22(27)23-18-7-2-3-8-19(18)28-20/h2-8,13,20H,9-12,14-15H2,1H3,(H,23,27)/p+1/t20-/m1/s1. The summed E-state index contributed by atoms with van der Waals surface area (Å²) in [5, 5.41) is 2.58. The van der Waals surface area contributed by atoms with E-state index in [1.54, 1.807) is 0 Å². The van der Waals surface area contributed by atoms with Gasteiger partial charge in [0.2, 0.25) is 11.8 Å². The molecular weight excluding hydrogens is 370 g/mol. The van der Waals surface area contributed by atoms with E-state index in [2.05, 4.69) is 36.5 Å². The highest BCUT2D eigenvalue weighted by Gasteiger charge is 2.32. The molecule has 4 rings (SSSR count). The van der Waals surface area contributed by atoms with Crippen molar-refractivity contribution in [3.05, 3.63) is 59.7 Å². The van der Waals surface area contributed by atoms with Gasteiger partial charge in [0.15, 0.2) is 0 Å². The number of hydrogen-bond donors (Lipinski definition) is 2. The summed E-state index contributed by atoms with van der Waals surface area (Å²) in [5.74, 6) is 0.0161. The van der Waals surface area contributed by atoms with Crippen LogP contribution in [0.4, 0.5) is 5.69 Å². The summed E-state index contributed by atoms with van der Waals surface area (Å²) in [5.41, 5.74) is 3.48. The van der Waals surface area contributed by atoms with Crippen LogP contribution >= 0.6 is 11.8 Å². The molecule has 2 aromatic carbocycles. The number of fused-ring (bicyclic) bond motifs is 1. The van der Waals surface area contributed by atoms with Crippen molar-refractivity contribution >= 4 is 29.3 Å². The first-order valence-electron chi connectivity index (χ1n) is 9.82. The Morgan fingerprint density at radius 3 is 2.75 bits per heavy atom. The van der Waals surface area contributed by atoms with Crippen LogP contribution in [0.15, 0.2) is 53.4 Å². The van der Waals surface area contributed by atoms with E-state index < -0.39 is 0 Å². The molecule has 0 saturated carbocycles. The minimum atomic E-state index is -0.347. The van der Waals surface area contributed by atoms with E-state index in [1.165, 1.54) is 27.8 Å². The minimum absolute atomic E-state index is 0.0687. The normalized spacial score (nSPS) is 19.8. The lowest BCUT2D eigenvalue weighted by atomic mass is 10.1. The molecule has 0 aromatic heterocycles. The van der Waals surface area contributed by atoms with Gasteiger partial charge in [0.05, 0.1) is 37.1 Å². The molecule has 1 fully saturated rings. The van der Waals surface area contributed by atoms with Crippen LogP contribution in [0.5, 0.6) is 0 Å². The number of hydrogen-bond acceptors (Lipinski definition) is 3. The molecule has 2 N–H and O–H groups in total. The third-order valence-electron chi connectivity index (χ3n) is 5.43. The molecule has 0 radical (unpaired) electrons. The molecular formula is C22H26N3O2S+. The van der Waals surface area contributed by atoms with Crippen molar-refractivity contribution in [2.45, 2.75) is 30.0 Å². The smallest absolute Gasteiger partial charge is 0.238 e. The predicted molar refractivity (Wildman–Crippen MR) is 111 cm³/mol. The molecule has 0 bridgehead atoms. The Bertz CT molecular complexity index is 878. The van der Waals surface area contributed by atoms with Crippen LogP contribution in [0.1, 0.15) is 17.5 Å². The fourth-order valence-electron chi connectivity index (χ4n) is 3.87. The molecule has 0 spiro atoms. The number of benzene rings is 2. The first-order chi connectivity index (χ1) is 13.6. The Kier molecular flexibility index (Phi) is 5.69. The summed E-state index contributed by atoms with van der Waals surface area (Å²) >= 11 is 1.50. The first kappa shape index (κ1) is 19.0. The summed E-state index contributed by atoms with van der Waals surface area (Å²) in [6, 6.07) is 16.4. The maximum absolute atomic E-state index is 12.8. The molecule has 6 heteroatoms. The third kappa shape index (κ3) is 4.39. The van der Waals surface area contributed by atoms with Crippen LogP contribution in [0.3, 0.4) is 0 Å². The fourth-order valence-corrected chi connectivity index (χ4v) is 4.98. The third-order valence-corrected chi connectivity index (χ3v) is 6.70. The van der Waals surface area contributed by atoms with Crippen LogP contribution in [-0.4, -0.2) is 48.1 Å². The second-order valence-corrected chi connectivity index (χ2v) is 8.84. The number of piperazine rings is 1. The highest BCUT2D eigenvalue weighted by molar-refractivity contribution is 8.01. The van der Waals surface area contributed by atoms with Gasteiger partial charge in [-0.1, -0.05) is 42.0 Å². The molecule has 2 aromatic rings. The molecule has 2 aliphatic rings. The van der Waals surface area contributed by atoms with E-state index in [1.807, 2.05) is 29.2 Å². The summed E-state index contributed by atoms with van der Waals surface area (Å²) in [4.78, 5) is 29.6. The summed E-state index contributed by atoms with van der Waals surface area (Å²) in [7, 11) is 0. The predicted octanol–water partition coefficient (Wildman–Crippen LogP) is 1.73. The number of nitrogens with one attached hydrogen (secondary N) is 2. The van der Waals surface area contributed by atoms with E-state index in [4.69, 9.17) is 0 Å². The van der Waals surface area contributed by atoms with Crippen LogP contribution in [-0.2, 0) is 16.1 Å². The Balaban J connectivity index is 1.29. The highest BCUT2D eigenvalue weighted by Crippen LogP contribution is 2.36. The first-order valence-corrected chi connectivity index (χ1v) is 10.7. The summed E-state index contributed by atoms with van der Waals surface area (Å²) in [6.45, 7) is 6.54. The Morgan fingerprint density at radius 2 is 1.96 bits per heavy atom. The number of anilines is 1. The second kappa shape index (κ2) is 8.37. The molecule has 2 aliphatic heterocycles. The summed E-state index contributed by atoms with van der Waals surface area (Å²) < 4.78 is 0. The van der Waals surface area contributed by atoms with Gasteiger partial charge in [0.25, 0.3) is 0 Å². The number of rotatable bonds is 4. The number of carbonyl (C=O) groups excluding carboxylic acids is 2. The average Bonchev–Trinajstić information content (AvgIpc) is 2.69. The van der Waals surface area contributed by atoms with Gasteiger partial charge >= 0.3 is 0 Å². The molecule has 5 nitrogen and oxygen atoms in total. The van der Waals surface area contributed by atoms with Crippen molar-refractivity contribution < 1.29 is 14.5 Å². The van der Waals surface area contributed by atoms with Gasteiger partial charge in [-0.05, 0) is 19.1 Å². The number of carbonyl (C=O) groups is 2. The minimum Gasteiger partial charge on any atom is -0.331 e. The van der Waals surface area contributed by atoms with E-state index in [-0.39, 0.29) is 23.5 Å². The topological polar surface area (TPSA) is 53.9 Å². The largest absolute Gasteiger partial charge is 0.331 e. The molecule has 0 aliphatic carbocycles. The van der Waals surface area contributed by atoms with Gasteiger partial charge in [-0.15, -0.1) is 11.8 Å². The number of amides is 2. The number of para-hydroxylation sites is 1. The van der Waals surface area contributed by atoms with Gasteiger partial charge in [-0.2, -0.15) is 0 Å². The monoisotopic (exact) mass is 396 g/mol. The number of thioether (sulfide) groups is 1. The summed E-state index contributed by atoms with van der Waals surface area (Å²) in [6.07, 6.45) is 0.262. The molecule has 2 amide bonds. The highest BCUT2D eigenvalue weighted by atomic mass is 32.2. The number of aryl methyl sites for hydroxylation is 1. The number of quaternary nitrogens is 1. The Labute approximate surface area is 170 Å². The lowest BCUT2D eigenvalue weighted by Crippen LogP contribution is -3.13. The maximum atomic E-state index is 12.8. The van der Waals surface area contributed by atoms with Gasteiger partial charge in [0.1, 0.15) is 6.54 Å². The zero-order valence-corrected chi connectivity index (χ0v) is 16.9. The van der Waals surface area contributed by atoms with E-state index >= 15 is 0 Å². The van der Waals surface area contributed by atoms with E-state index in [9.17, 15) is 9.59 Å². The van der Waals surface area contributed by atoms with E-state index in [0.29, 0.717) is 0 Å². The SMILES string of the molecule is Cc1cccc(C[NH+]2CCN(C(=O)C[C@H]3Sc4ccccc4NC3=O)CC2)c1. The van der Waals surface area contributed by atoms with Crippen LogP contribution in [0.25, 0.3) is 0 Å². The molecule has 1 saturated heterocycles. The second-order valence-electron chi connectivity index (χ2n) is 7.59. The van der Waals surface area contributed by atoms with Gasteiger partial charge in [-0.25, -0.2) is 0 Å². The Hall–Kier alpha value is -2.31. The Morgan fingerprint density at radius 1 is 1.18 bits per heavy atom. The zero-order chi connectivity index (χ0) is 19.5. The average molecular weight is 397 g/mol. The fraction of sp³-hybridized carbons (Fsp3) is 0.364. The molecule has 28 heavy (non-hydrogen) atoms. The van der Waals surface area contributed by atoms with Gasteiger partial charge in [0, 0.05) is 16.9 Å². The molecule has 0 unspecified atom stereocenters. The molecule has 2 heterocycles. The van der Waals surface area contributed by atoms with Crippen molar-refractivity contribution in [2.75, 3.05) is 31.5 Å². The van der Waals surface area contributed by atoms with Crippen molar-refractivity contribution in [3.63, 3.8) is 0 Å². The van der Waals surface area contributed by atoms with Crippen LogP contribution < -0.4 is 10.2 Å². The lowest BCUT2D eigenvalue weighted by Gasteiger charge is -2.33. The van der Waals surface area contributed by atoms with Crippen LogP contribution in [0, 0.1) is 6.92 Å². The van der Waals surface area contributed by atoms with E-state index in [0.717, 1.165) is 43.3 Å². The molecule has 1 atom stereocenters. The quantitative estimate of drug-likeness (QED) is 0.828. The number of nitrogens with zero attached hydrogens (tertiary/aromatic N) is 1. The maximum Gasteiger partial charge on any atom is 0.238 e. The van der Waals surface area contributed by atoms with Gasteiger partial charge in [-0.3, -0.25) is 9.59 Å². The van der Waals surface area contributed by atoms with Crippen LogP contribution in [0.2, 0.25) is 0 Å². The zero-order valence-electron chi connectivity index (χ0n) is 16.1. The molecule has 146 valence electrons. The lowest BCUT2D eigenvalue weighted by molar-refractivity contribution is -0.917. The van der Waals surface area contributed by atoms with Crippen molar-refractivity contribution in [2.24, 2.45) is 0 Å². The van der Waals surface area contributed by atoms with Crippen molar-refractivity contribution in [1.82, 2.24) is 4.90 Å². The van der Waals surface area contributed by atoms with Crippen molar-refractivity contribution in [1.29, 1.82) is 0 Å².